The second kappa shape index (κ2) is 5.04. The molecule has 1 aliphatic carbocycles. The molecule has 0 atom stereocenters. The van der Waals surface area contributed by atoms with Gasteiger partial charge in [0, 0.05) is 18.0 Å². The Hall–Kier alpha value is -0.770. The van der Waals surface area contributed by atoms with E-state index in [-0.39, 0.29) is 0 Å². The molecule has 16 heavy (non-hydrogen) atoms. The van der Waals surface area contributed by atoms with Crippen LogP contribution in [0, 0.1) is 6.92 Å². The van der Waals surface area contributed by atoms with E-state index in [0.717, 1.165) is 29.6 Å². The molecule has 0 saturated heterocycles. The highest BCUT2D eigenvalue weighted by molar-refractivity contribution is 7.98. The first-order chi connectivity index (χ1) is 7.76. The van der Waals surface area contributed by atoms with E-state index in [1.54, 1.807) is 11.8 Å². The summed E-state index contributed by atoms with van der Waals surface area (Å²) >= 11 is 1.71. The van der Waals surface area contributed by atoms with Gasteiger partial charge in [0.25, 0.3) is 0 Å². The first kappa shape index (κ1) is 11.7. The van der Waals surface area contributed by atoms with Crippen molar-refractivity contribution in [3.63, 3.8) is 0 Å². The van der Waals surface area contributed by atoms with Gasteiger partial charge in [-0.3, -0.25) is 0 Å². The summed E-state index contributed by atoms with van der Waals surface area (Å²) in [5.74, 6) is 2.69. The van der Waals surface area contributed by atoms with Gasteiger partial charge in [-0.05, 0) is 32.4 Å². The molecule has 3 nitrogen and oxygen atoms in total. The summed E-state index contributed by atoms with van der Waals surface area (Å²) in [4.78, 5) is 9.28. The van der Waals surface area contributed by atoms with Crippen LogP contribution in [0.1, 0.15) is 43.5 Å². The minimum Gasteiger partial charge on any atom is -0.370 e. The predicted octanol–water partition coefficient (Wildman–Crippen LogP) is 3.21. The molecular formula is C12H19N3S. The molecule has 1 aromatic rings. The molecule has 1 N–H and O–H groups in total. The lowest BCUT2D eigenvalue weighted by atomic mass is 10.3. The Morgan fingerprint density at radius 1 is 1.38 bits per heavy atom. The number of hydrogen-bond acceptors (Lipinski definition) is 4. The van der Waals surface area contributed by atoms with E-state index in [1.165, 1.54) is 18.4 Å². The normalized spacial score (nSPS) is 15.2. The van der Waals surface area contributed by atoms with Crippen molar-refractivity contribution in [1.82, 2.24) is 9.97 Å². The van der Waals surface area contributed by atoms with Crippen molar-refractivity contribution >= 4 is 17.6 Å². The van der Waals surface area contributed by atoms with Crippen LogP contribution in [0.25, 0.3) is 0 Å². The van der Waals surface area contributed by atoms with Gasteiger partial charge in [-0.1, -0.05) is 6.92 Å². The fourth-order valence-electron chi connectivity index (χ4n) is 1.65. The SMILES string of the molecule is CCCNc1nc(C2CC2)nc(SC)c1C. The Morgan fingerprint density at radius 2 is 2.12 bits per heavy atom. The zero-order valence-electron chi connectivity index (χ0n) is 10.2. The second-order valence-electron chi connectivity index (χ2n) is 4.27. The summed E-state index contributed by atoms with van der Waals surface area (Å²) in [6.07, 6.45) is 5.71. The van der Waals surface area contributed by atoms with Crippen molar-refractivity contribution in [2.75, 3.05) is 18.1 Å². The Balaban J connectivity index is 2.28. The van der Waals surface area contributed by atoms with Gasteiger partial charge in [0.05, 0.1) is 0 Å². The molecule has 1 saturated carbocycles. The number of anilines is 1. The molecule has 0 unspecified atom stereocenters. The van der Waals surface area contributed by atoms with Crippen molar-refractivity contribution in [2.45, 2.75) is 44.1 Å². The van der Waals surface area contributed by atoms with Crippen LogP contribution in [0.15, 0.2) is 5.03 Å². The third-order valence-electron chi connectivity index (χ3n) is 2.80. The molecule has 0 amide bonds. The Bertz CT molecular complexity index is 375. The number of aromatic nitrogens is 2. The number of rotatable bonds is 5. The van der Waals surface area contributed by atoms with Crippen LogP contribution in [0.4, 0.5) is 5.82 Å². The van der Waals surface area contributed by atoms with E-state index >= 15 is 0 Å². The second-order valence-corrected chi connectivity index (χ2v) is 5.06. The van der Waals surface area contributed by atoms with E-state index in [4.69, 9.17) is 0 Å². The monoisotopic (exact) mass is 237 g/mol. The maximum absolute atomic E-state index is 4.64. The molecule has 0 bridgehead atoms. The topological polar surface area (TPSA) is 37.8 Å². The molecule has 4 heteroatoms. The van der Waals surface area contributed by atoms with Crippen LogP contribution in [-0.2, 0) is 0 Å². The van der Waals surface area contributed by atoms with Gasteiger partial charge in [0.2, 0.25) is 0 Å². The minimum atomic E-state index is 0.619. The molecule has 0 aliphatic heterocycles. The smallest absolute Gasteiger partial charge is 0.135 e. The Morgan fingerprint density at radius 3 is 2.69 bits per heavy atom. The summed E-state index contributed by atoms with van der Waals surface area (Å²) in [6.45, 7) is 5.25. The minimum absolute atomic E-state index is 0.619. The fraction of sp³-hybridized carbons (Fsp3) is 0.667. The van der Waals surface area contributed by atoms with Crippen molar-refractivity contribution in [1.29, 1.82) is 0 Å². The van der Waals surface area contributed by atoms with Gasteiger partial charge in [0.15, 0.2) is 0 Å². The third kappa shape index (κ3) is 2.48. The lowest BCUT2D eigenvalue weighted by Gasteiger charge is -2.12. The van der Waals surface area contributed by atoms with Crippen molar-refractivity contribution in [3.8, 4) is 0 Å². The zero-order valence-corrected chi connectivity index (χ0v) is 11.0. The van der Waals surface area contributed by atoms with E-state index in [2.05, 4.69) is 35.4 Å². The van der Waals surface area contributed by atoms with Crippen molar-refractivity contribution in [2.24, 2.45) is 0 Å². The first-order valence-electron chi connectivity index (χ1n) is 5.92. The van der Waals surface area contributed by atoms with E-state index < -0.39 is 0 Å². The molecular weight excluding hydrogens is 218 g/mol. The van der Waals surface area contributed by atoms with E-state index in [1.807, 2.05) is 0 Å². The number of hydrogen-bond donors (Lipinski definition) is 1. The lowest BCUT2D eigenvalue weighted by Crippen LogP contribution is -2.08. The predicted molar refractivity (Wildman–Crippen MR) is 69.3 cm³/mol. The molecule has 1 heterocycles. The molecule has 1 aromatic heterocycles. The fourth-order valence-corrected chi connectivity index (χ4v) is 2.24. The van der Waals surface area contributed by atoms with E-state index in [9.17, 15) is 0 Å². The van der Waals surface area contributed by atoms with Crippen molar-refractivity contribution in [3.05, 3.63) is 11.4 Å². The lowest BCUT2D eigenvalue weighted by molar-refractivity contribution is 0.854. The van der Waals surface area contributed by atoms with Gasteiger partial charge in [0.1, 0.15) is 16.7 Å². The average molecular weight is 237 g/mol. The Kier molecular flexibility index (Phi) is 3.69. The zero-order chi connectivity index (χ0) is 11.5. The quantitative estimate of drug-likeness (QED) is 0.630. The summed E-state index contributed by atoms with van der Waals surface area (Å²) in [5, 5.41) is 4.52. The third-order valence-corrected chi connectivity index (χ3v) is 3.58. The molecule has 0 radical (unpaired) electrons. The number of nitrogens with one attached hydrogen (secondary N) is 1. The van der Waals surface area contributed by atoms with E-state index in [0.29, 0.717) is 5.92 Å². The van der Waals surface area contributed by atoms with Crippen LogP contribution in [0.2, 0.25) is 0 Å². The summed E-state index contributed by atoms with van der Waals surface area (Å²) in [5.41, 5.74) is 1.19. The molecule has 0 spiro atoms. The van der Waals surface area contributed by atoms with Crippen LogP contribution in [0.3, 0.4) is 0 Å². The van der Waals surface area contributed by atoms with Crippen LogP contribution >= 0.6 is 11.8 Å². The standard InChI is InChI=1S/C12H19N3S/c1-4-7-13-10-8(2)12(16-3)15-11(14-10)9-5-6-9/h9H,4-7H2,1-3H3,(H,13,14,15). The van der Waals surface area contributed by atoms with Gasteiger partial charge in [-0.25, -0.2) is 9.97 Å². The van der Waals surface area contributed by atoms with Crippen molar-refractivity contribution < 1.29 is 0 Å². The summed E-state index contributed by atoms with van der Waals surface area (Å²) < 4.78 is 0. The highest BCUT2D eigenvalue weighted by atomic mass is 32.2. The van der Waals surface area contributed by atoms with Crippen LogP contribution in [0.5, 0.6) is 0 Å². The highest BCUT2D eigenvalue weighted by Crippen LogP contribution is 2.39. The molecule has 1 aliphatic rings. The van der Waals surface area contributed by atoms with Gasteiger partial charge in [-0.2, -0.15) is 0 Å². The highest BCUT2D eigenvalue weighted by Gasteiger charge is 2.28. The average Bonchev–Trinajstić information content (AvgIpc) is 3.11. The Labute approximate surface area is 101 Å². The van der Waals surface area contributed by atoms with Gasteiger partial charge in [-0.15, -0.1) is 11.8 Å². The summed E-state index contributed by atoms with van der Waals surface area (Å²) in [6, 6.07) is 0. The van der Waals surface area contributed by atoms with Gasteiger partial charge < -0.3 is 5.32 Å². The first-order valence-corrected chi connectivity index (χ1v) is 7.15. The molecule has 1 fully saturated rings. The maximum atomic E-state index is 4.64. The van der Waals surface area contributed by atoms with Crippen LogP contribution in [-0.4, -0.2) is 22.8 Å². The molecule has 88 valence electrons. The maximum Gasteiger partial charge on any atom is 0.135 e. The number of nitrogens with zero attached hydrogens (tertiary/aromatic N) is 2. The largest absolute Gasteiger partial charge is 0.370 e. The van der Waals surface area contributed by atoms with Crippen LogP contribution < -0.4 is 5.32 Å². The number of thioether (sulfide) groups is 1. The van der Waals surface area contributed by atoms with Gasteiger partial charge >= 0.3 is 0 Å². The molecule has 0 aromatic carbocycles. The molecule has 2 rings (SSSR count). The summed E-state index contributed by atoms with van der Waals surface area (Å²) in [7, 11) is 0.